The minimum absolute atomic E-state index is 0.463. The number of anilines is 1. The largest absolute Gasteiger partial charge is 0.384 e. The number of aromatic nitrogens is 2. The monoisotopic (exact) mass is 152 g/mol. The number of hydrogen-bond donors (Lipinski definition) is 2. The van der Waals surface area contributed by atoms with Crippen molar-refractivity contribution in [2.24, 2.45) is 0 Å². The highest BCUT2D eigenvalue weighted by Crippen LogP contribution is 2.16. The van der Waals surface area contributed by atoms with Crippen molar-refractivity contribution >= 4 is 5.82 Å². The van der Waals surface area contributed by atoms with Crippen molar-refractivity contribution in [3.8, 4) is 0 Å². The molecule has 3 N–H and O–H groups in total. The zero-order valence-electron chi connectivity index (χ0n) is 6.33. The van der Waals surface area contributed by atoms with Gasteiger partial charge in [-0.1, -0.05) is 0 Å². The third-order valence-corrected chi connectivity index (χ3v) is 2.08. The van der Waals surface area contributed by atoms with Crippen molar-refractivity contribution in [3.63, 3.8) is 0 Å². The Kier molecular flexibility index (Phi) is 1.54. The molecule has 4 heteroatoms. The average Bonchev–Trinajstić information content (AvgIpc) is 2.55. The second kappa shape index (κ2) is 2.54. The number of nitrogen functional groups attached to an aromatic ring is 1. The summed E-state index contributed by atoms with van der Waals surface area (Å²) < 4.78 is 1.89. The fourth-order valence-corrected chi connectivity index (χ4v) is 1.48. The molecule has 1 aliphatic heterocycles. The fourth-order valence-electron chi connectivity index (χ4n) is 1.48. The first-order chi connectivity index (χ1) is 5.38. The summed E-state index contributed by atoms with van der Waals surface area (Å²) in [7, 11) is 0. The predicted octanol–water partition coefficient (Wildman–Crippen LogP) is -0.000300. The highest BCUT2D eigenvalue weighted by molar-refractivity contribution is 5.26. The van der Waals surface area contributed by atoms with E-state index in [0.717, 1.165) is 25.3 Å². The molecule has 0 aliphatic carbocycles. The molecule has 1 fully saturated rings. The Balaban J connectivity index is 2.21. The van der Waals surface area contributed by atoms with E-state index < -0.39 is 0 Å². The molecule has 0 bridgehead atoms. The molecule has 4 nitrogen and oxygen atoms in total. The van der Waals surface area contributed by atoms with Crippen molar-refractivity contribution in [3.05, 3.63) is 12.3 Å². The lowest BCUT2D eigenvalue weighted by Crippen LogP contribution is -2.15. The molecule has 1 aliphatic rings. The summed E-state index contributed by atoms with van der Waals surface area (Å²) in [4.78, 5) is 0. The van der Waals surface area contributed by atoms with Crippen LogP contribution in [0.15, 0.2) is 12.3 Å². The summed E-state index contributed by atoms with van der Waals surface area (Å²) >= 11 is 0. The molecule has 11 heavy (non-hydrogen) atoms. The van der Waals surface area contributed by atoms with Gasteiger partial charge in [-0.25, -0.2) is 4.68 Å². The van der Waals surface area contributed by atoms with Crippen LogP contribution in [0.3, 0.4) is 0 Å². The second-order valence-electron chi connectivity index (χ2n) is 2.85. The number of nitrogens with two attached hydrogens (primary N) is 1. The van der Waals surface area contributed by atoms with Crippen LogP contribution >= 0.6 is 0 Å². The molecule has 1 unspecified atom stereocenters. The highest BCUT2D eigenvalue weighted by atomic mass is 15.3. The van der Waals surface area contributed by atoms with Crippen molar-refractivity contribution in [2.45, 2.75) is 12.5 Å². The van der Waals surface area contributed by atoms with E-state index in [-0.39, 0.29) is 0 Å². The van der Waals surface area contributed by atoms with Crippen molar-refractivity contribution in [1.29, 1.82) is 0 Å². The Bertz CT molecular complexity index is 236. The van der Waals surface area contributed by atoms with Gasteiger partial charge in [-0.05, 0) is 19.0 Å². The van der Waals surface area contributed by atoms with E-state index in [9.17, 15) is 0 Å². The van der Waals surface area contributed by atoms with Crippen LogP contribution in [0, 0.1) is 0 Å². The first kappa shape index (κ1) is 6.67. The molecule has 0 saturated carbocycles. The van der Waals surface area contributed by atoms with E-state index in [1.54, 1.807) is 6.20 Å². The molecule has 2 heterocycles. The number of nitrogens with zero attached hydrogens (tertiary/aromatic N) is 2. The normalized spacial score (nSPS) is 24.2. The Hall–Kier alpha value is -1.03. The number of hydrogen-bond acceptors (Lipinski definition) is 3. The number of nitrogens with one attached hydrogen (secondary N) is 1. The Labute approximate surface area is 65.4 Å². The Morgan fingerprint density at radius 1 is 1.73 bits per heavy atom. The Morgan fingerprint density at radius 3 is 3.18 bits per heavy atom. The zero-order chi connectivity index (χ0) is 7.68. The molecule has 0 aromatic carbocycles. The van der Waals surface area contributed by atoms with Crippen LogP contribution in [0.2, 0.25) is 0 Å². The van der Waals surface area contributed by atoms with Crippen LogP contribution in [-0.2, 0) is 0 Å². The van der Waals surface area contributed by atoms with Crippen LogP contribution in [0.4, 0.5) is 5.82 Å². The van der Waals surface area contributed by atoms with Gasteiger partial charge in [-0.2, -0.15) is 5.10 Å². The van der Waals surface area contributed by atoms with E-state index in [2.05, 4.69) is 10.4 Å². The molecule has 1 aromatic heterocycles. The average molecular weight is 152 g/mol. The van der Waals surface area contributed by atoms with Gasteiger partial charge >= 0.3 is 0 Å². The molecule has 1 aromatic rings. The molecule has 0 amide bonds. The summed E-state index contributed by atoms with van der Waals surface area (Å²) in [5.74, 6) is 0.763. The van der Waals surface area contributed by atoms with Crippen molar-refractivity contribution < 1.29 is 0 Å². The quantitative estimate of drug-likeness (QED) is 0.595. The van der Waals surface area contributed by atoms with Gasteiger partial charge in [0.05, 0.1) is 12.2 Å². The van der Waals surface area contributed by atoms with Gasteiger partial charge in [0.25, 0.3) is 0 Å². The van der Waals surface area contributed by atoms with Crippen molar-refractivity contribution in [1.82, 2.24) is 15.1 Å². The second-order valence-corrected chi connectivity index (χ2v) is 2.85. The van der Waals surface area contributed by atoms with Crippen LogP contribution < -0.4 is 11.1 Å². The SMILES string of the molecule is Nc1ccnn1C1CCNC1. The maximum Gasteiger partial charge on any atom is 0.122 e. The third kappa shape index (κ3) is 1.09. The zero-order valence-corrected chi connectivity index (χ0v) is 6.33. The molecule has 0 spiro atoms. The van der Waals surface area contributed by atoms with Gasteiger partial charge in [0.1, 0.15) is 5.82 Å². The maximum absolute atomic E-state index is 5.69. The van der Waals surface area contributed by atoms with Crippen LogP contribution in [-0.4, -0.2) is 22.9 Å². The molecule has 2 rings (SSSR count). The van der Waals surface area contributed by atoms with E-state index in [0.29, 0.717) is 6.04 Å². The van der Waals surface area contributed by atoms with Gasteiger partial charge in [0.2, 0.25) is 0 Å². The molecule has 0 radical (unpaired) electrons. The van der Waals surface area contributed by atoms with Gasteiger partial charge in [-0.3, -0.25) is 0 Å². The molecular formula is C7H12N4. The standard InChI is InChI=1S/C7H12N4/c8-7-2-4-10-11(7)6-1-3-9-5-6/h2,4,6,9H,1,3,5,8H2. The van der Waals surface area contributed by atoms with Gasteiger partial charge < -0.3 is 11.1 Å². The summed E-state index contributed by atoms with van der Waals surface area (Å²) in [5, 5.41) is 7.42. The lowest BCUT2D eigenvalue weighted by molar-refractivity contribution is 0.498. The lowest BCUT2D eigenvalue weighted by atomic mass is 10.3. The van der Waals surface area contributed by atoms with Gasteiger partial charge in [0, 0.05) is 6.54 Å². The maximum atomic E-state index is 5.69. The van der Waals surface area contributed by atoms with Crippen molar-refractivity contribution in [2.75, 3.05) is 18.8 Å². The van der Waals surface area contributed by atoms with Crippen LogP contribution in [0.5, 0.6) is 0 Å². The van der Waals surface area contributed by atoms with Gasteiger partial charge in [-0.15, -0.1) is 0 Å². The first-order valence-electron chi connectivity index (χ1n) is 3.87. The summed E-state index contributed by atoms with van der Waals surface area (Å²) in [6.07, 6.45) is 2.87. The first-order valence-corrected chi connectivity index (χ1v) is 3.87. The minimum Gasteiger partial charge on any atom is -0.384 e. The third-order valence-electron chi connectivity index (χ3n) is 2.08. The molecule has 1 saturated heterocycles. The minimum atomic E-state index is 0.463. The molecule has 1 atom stereocenters. The Morgan fingerprint density at radius 2 is 2.64 bits per heavy atom. The van der Waals surface area contributed by atoms with E-state index in [4.69, 9.17) is 5.73 Å². The van der Waals surface area contributed by atoms with E-state index in [1.165, 1.54) is 0 Å². The molecular weight excluding hydrogens is 140 g/mol. The topological polar surface area (TPSA) is 55.9 Å². The van der Waals surface area contributed by atoms with Crippen LogP contribution in [0.1, 0.15) is 12.5 Å². The number of rotatable bonds is 1. The summed E-state index contributed by atoms with van der Waals surface area (Å²) in [6, 6.07) is 2.29. The van der Waals surface area contributed by atoms with E-state index >= 15 is 0 Å². The predicted molar refractivity (Wildman–Crippen MR) is 43.2 cm³/mol. The summed E-state index contributed by atoms with van der Waals surface area (Å²) in [6.45, 7) is 2.07. The van der Waals surface area contributed by atoms with E-state index in [1.807, 2.05) is 10.7 Å². The fraction of sp³-hybridized carbons (Fsp3) is 0.571. The smallest absolute Gasteiger partial charge is 0.122 e. The molecule has 60 valence electrons. The summed E-state index contributed by atoms with van der Waals surface area (Å²) in [5.41, 5.74) is 5.69. The van der Waals surface area contributed by atoms with Gasteiger partial charge in [0.15, 0.2) is 0 Å². The lowest BCUT2D eigenvalue weighted by Gasteiger charge is -2.09. The highest BCUT2D eigenvalue weighted by Gasteiger charge is 2.17. The van der Waals surface area contributed by atoms with Crippen LogP contribution in [0.25, 0.3) is 0 Å².